The van der Waals surface area contributed by atoms with E-state index in [0.29, 0.717) is 12.5 Å². The third-order valence-electron chi connectivity index (χ3n) is 6.73. The SMILES string of the molecule is CC(C)(C)CO[C@@H]1[C@H]([S@@](=O)/N=C/c2ccccc2)[C@H]2CC[C@]1(C)C2(C)C. The van der Waals surface area contributed by atoms with Crippen LogP contribution in [0.1, 0.15) is 59.9 Å². The molecule has 0 aliphatic heterocycles. The fraction of sp³-hybridized carbons (Fsp3) is 0.682. The van der Waals surface area contributed by atoms with Gasteiger partial charge in [-0.25, -0.2) is 4.21 Å². The molecule has 144 valence electrons. The van der Waals surface area contributed by atoms with Crippen LogP contribution in [0.5, 0.6) is 0 Å². The van der Waals surface area contributed by atoms with E-state index < -0.39 is 11.0 Å². The summed E-state index contributed by atoms with van der Waals surface area (Å²) < 4.78 is 24.1. The number of fused-ring (bicyclic) bond motifs is 2. The van der Waals surface area contributed by atoms with Crippen molar-refractivity contribution < 1.29 is 8.95 Å². The molecule has 4 heteroatoms. The van der Waals surface area contributed by atoms with Gasteiger partial charge >= 0.3 is 0 Å². The maximum Gasteiger partial charge on any atom is 0.145 e. The van der Waals surface area contributed by atoms with Gasteiger partial charge in [-0.05, 0) is 35.2 Å². The molecule has 2 bridgehead atoms. The normalized spacial score (nSPS) is 34.5. The zero-order valence-electron chi connectivity index (χ0n) is 17.0. The molecule has 2 aliphatic rings. The number of nitrogens with zero attached hydrogens (tertiary/aromatic N) is 1. The van der Waals surface area contributed by atoms with Crippen LogP contribution in [0.15, 0.2) is 34.7 Å². The quantitative estimate of drug-likeness (QED) is 0.677. The third kappa shape index (κ3) is 3.43. The van der Waals surface area contributed by atoms with E-state index in [9.17, 15) is 4.21 Å². The third-order valence-corrected chi connectivity index (χ3v) is 8.09. The molecular formula is C22H33NO2S. The van der Waals surface area contributed by atoms with Crippen LogP contribution in [-0.2, 0) is 15.7 Å². The standard InChI is InChI=1S/C22H33NO2S/c1-20(2,3)15-25-19-18(17-12-13-22(19,6)21(17,4)5)26(24)23-14-16-10-8-7-9-11-16/h7-11,14,17-19H,12-13,15H2,1-6H3/b23-14+/t17-,18-,19-,22+,26-/m1/s1. The Balaban J connectivity index is 1.85. The van der Waals surface area contributed by atoms with Gasteiger partial charge in [0.25, 0.3) is 0 Å². The van der Waals surface area contributed by atoms with Crippen LogP contribution in [0.4, 0.5) is 0 Å². The van der Waals surface area contributed by atoms with Crippen LogP contribution in [-0.4, -0.2) is 28.4 Å². The Hall–Kier alpha value is -1.00. The van der Waals surface area contributed by atoms with Crippen molar-refractivity contribution >= 4 is 17.2 Å². The lowest BCUT2D eigenvalue weighted by Crippen LogP contribution is -2.44. The first-order valence-corrected chi connectivity index (χ1v) is 10.8. The molecule has 26 heavy (non-hydrogen) atoms. The summed E-state index contributed by atoms with van der Waals surface area (Å²) in [7, 11) is -1.28. The topological polar surface area (TPSA) is 38.7 Å². The van der Waals surface area contributed by atoms with Gasteiger partial charge in [0.05, 0.1) is 18.0 Å². The van der Waals surface area contributed by atoms with Crippen LogP contribution >= 0.6 is 0 Å². The number of ether oxygens (including phenoxy) is 1. The fourth-order valence-electron chi connectivity index (χ4n) is 4.81. The molecule has 3 nitrogen and oxygen atoms in total. The second kappa shape index (κ2) is 6.87. The summed E-state index contributed by atoms with van der Waals surface area (Å²) in [5.74, 6) is 0.395. The number of rotatable bonds is 5. The van der Waals surface area contributed by atoms with Crippen molar-refractivity contribution in [2.75, 3.05) is 6.61 Å². The molecule has 3 rings (SSSR count). The molecule has 0 heterocycles. The van der Waals surface area contributed by atoms with Crippen molar-refractivity contribution in [1.29, 1.82) is 0 Å². The van der Waals surface area contributed by atoms with Gasteiger partial charge in [0, 0.05) is 11.6 Å². The smallest absolute Gasteiger partial charge is 0.145 e. The predicted octanol–water partition coefficient (Wildman–Crippen LogP) is 5.03. The Morgan fingerprint density at radius 3 is 2.50 bits per heavy atom. The molecule has 0 saturated heterocycles. The summed E-state index contributed by atoms with van der Waals surface area (Å²) in [6, 6.07) is 9.90. The van der Waals surface area contributed by atoms with E-state index in [-0.39, 0.29) is 27.6 Å². The van der Waals surface area contributed by atoms with Crippen LogP contribution in [0.3, 0.4) is 0 Å². The summed E-state index contributed by atoms with van der Waals surface area (Å²) in [4.78, 5) is 0. The summed E-state index contributed by atoms with van der Waals surface area (Å²) in [5, 5.41) is -0.0222. The maximum absolute atomic E-state index is 13.2. The Kier molecular flexibility index (Phi) is 5.22. The first-order valence-electron chi connectivity index (χ1n) is 9.68. The molecular weight excluding hydrogens is 342 g/mol. The minimum atomic E-state index is -1.28. The Morgan fingerprint density at radius 2 is 1.88 bits per heavy atom. The Labute approximate surface area is 161 Å². The lowest BCUT2D eigenvalue weighted by atomic mass is 9.70. The molecule has 0 amide bonds. The summed E-state index contributed by atoms with van der Waals surface area (Å²) in [6.45, 7) is 14.2. The molecule has 0 N–H and O–H groups in total. The zero-order valence-corrected chi connectivity index (χ0v) is 17.8. The molecule has 0 spiro atoms. The number of benzene rings is 1. The molecule has 1 aromatic carbocycles. The average Bonchev–Trinajstić information content (AvgIpc) is 2.89. The minimum absolute atomic E-state index is 0.00392. The summed E-state index contributed by atoms with van der Waals surface area (Å²) in [5.41, 5.74) is 1.27. The van der Waals surface area contributed by atoms with Crippen molar-refractivity contribution in [2.24, 2.45) is 26.6 Å². The second-order valence-corrected chi connectivity index (χ2v) is 11.3. The first-order chi connectivity index (χ1) is 12.1. The van der Waals surface area contributed by atoms with Crippen LogP contribution in [0, 0.1) is 22.2 Å². The van der Waals surface area contributed by atoms with E-state index in [4.69, 9.17) is 4.74 Å². The highest BCUT2D eigenvalue weighted by Gasteiger charge is 2.68. The van der Waals surface area contributed by atoms with Gasteiger partial charge in [-0.1, -0.05) is 71.9 Å². The van der Waals surface area contributed by atoms with E-state index in [1.165, 1.54) is 0 Å². The predicted molar refractivity (Wildman–Crippen MR) is 110 cm³/mol. The van der Waals surface area contributed by atoms with E-state index in [1.807, 2.05) is 30.3 Å². The van der Waals surface area contributed by atoms with Crippen LogP contribution < -0.4 is 0 Å². The first kappa shape index (κ1) is 19.8. The number of hydrogen-bond acceptors (Lipinski definition) is 2. The van der Waals surface area contributed by atoms with E-state index in [0.717, 1.165) is 18.4 Å². The molecule has 1 aromatic rings. The van der Waals surface area contributed by atoms with Gasteiger partial charge in [-0.2, -0.15) is 4.40 Å². The lowest BCUT2D eigenvalue weighted by Gasteiger charge is -2.40. The lowest BCUT2D eigenvalue weighted by molar-refractivity contribution is -0.0674. The van der Waals surface area contributed by atoms with Crippen molar-refractivity contribution in [2.45, 2.75) is 65.7 Å². The average molecular weight is 376 g/mol. The van der Waals surface area contributed by atoms with Gasteiger partial charge in [0.15, 0.2) is 0 Å². The van der Waals surface area contributed by atoms with Gasteiger partial charge in [-0.3, -0.25) is 0 Å². The van der Waals surface area contributed by atoms with Crippen molar-refractivity contribution in [1.82, 2.24) is 0 Å². The second-order valence-electron chi connectivity index (χ2n) is 9.96. The molecule has 0 radical (unpaired) electrons. The largest absolute Gasteiger partial charge is 0.376 e. The molecule has 2 aliphatic carbocycles. The van der Waals surface area contributed by atoms with Gasteiger partial charge in [0.2, 0.25) is 0 Å². The maximum atomic E-state index is 13.2. The highest BCUT2D eigenvalue weighted by molar-refractivity contribution is 7.84. The van der Waals surface area contributed by atoms with Gasteiger partial charge in [0.1, 0.15) is 11.0 Å². The molecule has 2 fully saturated rings. The van der Waals surface area contributed by atoms with E-state index in [2.05, 4.69) is 45.9 Å². The summed E-state index contributed by atoms with van der Waals surface area (Å²) in [6.07, 6.45) is 4.02. The van der Waals surface area contributed by atoms with Crippen molar-refractivity contribution in [3.8, 4) is 0 Å². The fourth-order valence-corrected chi connectivity index (χ4v) is 6.52. The van der Waals surface area contributed by atoms with E-state index in [1.54, 1.807) is 6.21 Å². The molecule has 0 unspecified atom stereocenters. The van der Waals surface area contributed by atoms with Crippen LogP contribution in [0.25, 0.3) is 0 Å². The molecule has 0 aromatic heterocycles. The van der Waals surface area contributed by atoms with E-state index >= 15 is 0 Å². The van der Waals surface area contributed by atoms with Gasteiger partial charge in [-0.15, -0.1) is 0 Å². The van der Waals surface area contributed by atoms with Crippen molar-refractivity contribution in [3.05, 3.63) is 35.9 Å². The highest BCUT2D eigenvalue weighted by Crippen LogP contribution is 2.67. The van der Waals surface area contributed by atoms with Gasteiger partial charge < -0.3 is 4.74 Å². The monoisotopic (exact) mass is 375 g/mol. The zero-order chi connectivity index (χ0) is 19.2. The highest BCUT2D eigenvalue weighted by atomic mass is 32.2. The number of hydrogen-bond donors (Lipinski definition) is 0. The Morgan fingerprint density at radius 1 is 1.23 bits per heavy atom. The molecule has 5 atom stereocenters. The summed E-state index contributed by atoms with van der Waals surface area (Å²) >= 11 is 0. The molecule has 2 saturated carbocycles. The van der Waals surface area contributed by atoms with Crippen LogP contribution in [0.2, 0.25) is 0 Å². The minimum Gasteiger partial charge on any atom is -0.376 e. The van der Waals surface area contributed by atoms with Crippen molar-refractivity contribution in [3.63, 3.8) is 0 Å². The Bertz CT molecular complexity index is 692.